The molecular formula is C7H11NO2S. The highest BCUT2D eigenvalue weighted by Gasteiger charge is 2.41. The first kappa shape index (κ1) is 7.31. The summed E-state index contributed by atoms with van der Waals surface area (Å²) in [5.74, 6) is 0.679. The van der Waals surface area contributed by atoms with Gasteiger partial charge in [-0.1, -0.05) is 12.2 Å². The highest BCUT2D eigenvalue weighted by atomic mass is 32.2. The molecule has 4 heteroatoms. The van der Waals surface area contributed by atoms with Gasteiger partial charge in [0.1, 0.15) is 0 Å². The fourth-order valence-electron chi connectivity index (χ4n) is 2.11. The van der Waals surface area contributed by atoms with E-state index in [1.165, 1.54) is 0 Å². The van der Waals surface area contributed by atoms with Gasteiger partial charge in [0.2, 0.25) is 10.0 Å². The molecule has 0 amide bonds. The van der Waals surface area contributed by atoms with Crippen LogP contribution >= 0.6 is 0 Å². The summed E-state index contributed by atoms with van der Waals surface area (Å²) in [6.45, 7) is 0. The third-order valence-corrected chi connectivity index (χ3v) is 4.03. The van der Waals surface area contributed by atoms with Crippen molar-refractivity contribution in [1.29, 1.82) is 0 Å². The molecule has 0 aromatic carbocycles. The molecule has 0 saturated heterocycles. The van der Waals surface area contributed by atoms with E-state index in [1.54, 1.807) is 0 Å². The van der Waals surface area contributed by atoms with Gasteiger partial charge >= 0.3 is 0 Å². The minimum absolute atomic E-state index is 0.204. The number of nitrogens with two attached hydrogens (primary N) is 1. The number of sulfonamides is 1. The maximum atomic E-state index is 11.0. The fourth-order valence-corrected chi connectivity index (χ4v) is 3.31. The molecule has 2 rings (SSSR count). The van der Waals surface area contributed by atoms with Crippen LogP contribution in [0.5, 0.6) is 0 Å². The maximum Gasteiger partial charge on any atom is 0.212 e. The zero-order valence-corrected chi connectivity index (χ0v) is 6.92. The van der Waals surface area contributed by atoms with Crippen LogP contribution in [0.3, 0.4) is 0 Å². The predicted molar refractivity (Wildman–Crippen MR) is 42.2 cm³/mol. The van der Waals surface area contributed by atoms with E-state index in [1.807, 2.05) is 6.08 Å². The number of rotatable bonds is 1. The van der Waals surface area contributed by atoms with Crippen molar-refractivity contribution in [2.45, 2.75) is 18.1 Å². The number of hydrogen-bond acceptors (Lipinski definition) is 2. The quantitative estimate of drug-likeness (QED) is 0.577. The molecule has 62 valence electrons. The van der Waals surface area contributed by atoms with Crippen LogP contribution in [0.2, 0.25) is 0 Å². The van der Waals surface area contributed by atoms with Gasteiger partial charge in [0.25, 0.3) is 0 Å². The Morgan fingerprint density at radius 1 is 1.27 bits per heavy atom. The van der Waals surface area contributed by atoms with Gasteiger partial charge in [0, 0.05) is 0 Å². The standard InChI is InChI=1S/C7H11NO2S/c8-11(9,10)7-4-5-1-2-6(7)3-5/h1-2,5-7H,3-4H2,(H2,8,9,10)/t5-,6+,7-/m0/s1. The second-order valence-corrected chi connectivity index (χ2v) is 5.19. The van der Waals surface area contributed by atoms with Crippen molar-refractivity contribution < 1.29 is 8.42 Å². The Balaban J connectivity index is 2.28. The number of hydrogen-bond donors (Lipinski definition) is 1. The maximum absolute atomic E-state index is 11.0. The lowest BCUT2D eigenvalue weighted by molar-refractivity contribution is 0.563. The largest absolute Gasteiger partial charge is 0.228 e. The number of fused-ring (bicyclic) bond motifs is 2. The summed E-state index contributed by atoms with van der Waals surface area (Å²) in [6.07, 6.45) is 5.82. The van der Waals surface area contributed by atoms with Gasteiger partial charge in [-0.3, -0.25) is 0 Å². The van der Waals surface area contributed by atoms with Crippen molar-refractivity contribution in [3.05, 3.63) is 12.2 Å². The Morgan fingerprint density at radius 2 is 2.00 bits per heavy atom. The highest BCUT2D eigenvalue weighted by Crippen LogP contribution is 2.41. The van der Waals surface area contributed by atoms with E-state index in [0.717, 1.165) is 12.8 Å². The molecule has 2 aliphatic rings. The van der Waals surface area contributed by atoms with Crippen molar-refractivity contribution >= 4 is 10.0 Å². The third-order valence-electron chi connectivity index (χ3n) is 2.64. The number of primary sulfonamides is 1. The van der Waals surface area contributed by atoms with Gasteiger partial charge in [0.15, 0.2) is 0 Å². The van der Waals surface area contributed by atoms with Crippen molar-refractivity contribution in [2.75, 3.05) is 0 Å². The molecule has 1 fully saturated rings. The summed E-state index contributed by atoms with van der Waals surface area (Å²) < 4.78 is 21.9. The molecule has 2 aliphatic carbocycles. The molecule has 3 nitrogen and oxygen atoms in total. The summed E-state index contributed by atoms with van der Waals surface area (Å²) in [7, 11) is -3.28. The van der Waals surface area contributed by atoms with Gasteiger partial charge < -0.3 is 0 Å². The summed E-state index contributed by atoms with van der Waals surface area (Å²) >= 11 is 0. The molecule has 0 spiro atoms. The monoisotopic (exact) mass is 173 g/mol. The van der Waals surface area contributed by atoms with Crippen LogP contribution in [-0.2, 0) is 10.0 Å². The van der Waals surface area contributed by atoms with Crippen molar-refractivity contribution in [3.8, 4) is 0 Å². The average Bonchev–Trinajstić information content (AvgIpc) is 2.42. The minimum atomic E-state index is -3.28. The minimum Gasteiger partial charge on any atom is -0.228 e. The van der Waals surface area contributed by atoms with Crippen LogP contribution in [0, 0.1) is 11.8 Å². The normalized spacial score (nSPS) is 41.7. The molecule has 0 radical (unpaired) electrons. The van der Waals surface area contributed by atoms with Crippen molar-refractivity contribution in [2.24, 2.45) is 17.0 Å². The van der Waals surface area contributed by atoms with Crippen LogP contribution in [0.25, 0.3) is 0 Å². The van der Waals surface area contributed by atoms with Gasteiger partial charge in [0.05, 0.1) is 5.25 Å². The van der Waals surface area contributed by atoms with Crippen LogP contribution < -0.4 is 5.14 Å². The van der Waals surface area contributed by atoms with E-state index in [-0.39, 0.29) is 11.2 Å². The Hall–Kier alpha value is -0.350. The Bertz CT molecular complexity index is 294. The molecular weight excluding hydrogens is 162 g/mol. The molecule has 0 heterocycles. The van der Waals surface area contributed by atoms with Crippen LogP contribution in [0.4, 0.5) is 0 Å². The molecule has 2 bridgehead atoms. The topological polar surface area (TPSA) is 60.2 Å². The Kier molecular flexibility index (Phi) is 1.38. The molecule has 0 aromatic rings. The Labute approximate surface area is 66.3 Å². The first-order chi connectivity index (χ1) is 5.07. The third kappa shape index (κ3) is 1.10. The lowest BCUT2D eigenvalue weighted by Gasteiger charge is -2.14. The molecule has 0 aliphatic heterocycles. The van der Waals surface area contributed by atoms with E-state index in [2.05, 4.69) is 6.08 Å². The van der Waals surface area contributed by atoms with Crippen LogP contribution in [0.15, 0.2) is 12.2 Å². The molecule has 0 aromatic heterocycles. The van der Waals surface area contributed by atoms with E-state index < -0.39 is 10.0 Å². The second-order valence-electron chi connectivity index (χ2n) is 3.41. The summed E-state index contributed by atoms with van der Waals surface area (Å²) in [5.41, 5.74) is 0. The smallest absolute Gasteiger partial charge is 0.212 e. The lowest BCUT2D eigenvalue weighted by atomic mass is 10.1. The van der Waals surface area contributed by atoms with Crippen molar-refractivity contribution in [1.82, 2.24) is 0 Å². The average molecular weight is 173 g/mol. The first-order valence-electron chi connectivity index (χ1n) is 3.77. The van der Waals surface area contributed by atoms with Crippen LogP contribution in [-0.4, -0.2) is 13.7 Å². The van der Waals surface area contributed by atoms with Gasteiger partial charge in [-0.15, -0.1) is 0 Å². The molecule has 2 N–H and O–H groups in total. The predicted octanol–water partition coefficient (Wildman–Crippen LogP) is 0.240. The Morgan fingerprint density at radius 3 is 2.27 bits per heavy atom. The SMILES string of the molecule is NS(=O)(=O)[C@H]1C[C@H]2C=C[C@@H]1C2. The van der Waals surface area contributed by atoms with E-state index >= 15 is 0 Å². The van der Waals surface area contributed by atoms with Crippen molar-refractivity contribution in [3.63, 3.8) is 0 Å². The molecule has 0 unspecified atom stereocenters. The summed E-state index contributed by atoms with van der Waals surface area (Å²) in [6, 6.07) is 0. The molecule has 3 atom stereocenters. The second kappa shape index (κ2) is 2.08. The molecule has 1 saturated carbocycles. The van der Waals surface area contributed by atoms with Gasteiger partial charge in [-0.25, -0.2) is 13.6 Å². The fraction of sp³-hybridized carbons (Fsp3) is 0.714. The van der Waals surface area contributed by atoms with E-state index in [0.29, 0.717) is 5.92 Å². The van der Waals surface area contributed by atoms with Crippen LogP contribution in [0.1, 0.15) is 12.8 Å². The van der Waals surface area contributed by atoms with E-state index in [4.69, 9.17) is 5.14 Å². The highest BCUT2D eigenvalue weighted by molar-refractivity contribution is 7.89. The lowest BCUT2D eigenvalue weighted by Crippen LogP contribution is -2.31. The summed E-state index contributed by atoms with van der Waals surface area (Å²) in [4.78, 5) is 0. The summed E-state index contributed by atoms with van der Waals surface area (Å²) in [5, 5.41) is 4.77. The van der Waals surface area contributed by atoms with Gasteiger partial charge in [-0.2, -0.15) is 0 Å². The number of allylic oxidation sites excluding steroid dienone is 2. The first-order valence-corrected chi connectivity index (χ1v) is 5.38. The van der Waals surface area contributed by atoms with E-state index in [9.17, 15) is 8.42 Å². The zero-order valence-electron chi connectivity index (χ0n) is 6.10. The molecule has 11 heavy (non-hydrogen) atoms. The zero-order chi connectivity index (χ0) is 8.06. The van der Waals surface area contributed by atoms with Gasteiger partial charge in [-0.05, 0) is 24.7 Å².